The van der Waals surface area contributed by atoms with Crippen LogP contribution in [-0.4, -0.2) is 41.4 Å². The van der Waals surface area contributed by atoms with Crippen molar-refractivity contribution < 1.29 is 23.2 Å². The van der Waals surface area contributed by atoms with E-state index >= 15 is 0 Å². The zero-order valence-corrected chi connectivity index (χ0v) is 12.6. The number of benzene rings is 1. The summed E-state index contributed by atoms with van der Waals surface area (Å²) in [7, 11) is 0. The van der Waals surface area contributed by atoms with Gasteiger partial charge in [-0.15, -0.1) is 0 Å². The van der Waals surface area contributed by atoms with Crippen molar-refractivity contribution in [3.8, 4) is 0 Å². The molecule has 24 heavy (non-hydrogen) atoms. The Morgan fingerprint density at radius 3 is 2.79 bits per heavy atom. The van der Waals surface area contributed by atoms with Crippen molar-refractivity contribution in [2.45, 2.75) is 24.3 Å². The lowest BCUT2D eigenvalue weighted by molar-refractivity contribution is -0.132. The van der Waals surface area contributed by atoms with Crippen LogP contribution < -0.4 is 10.6 Å². The topological polar surface area (TPSA) is 78.5 Å². The summed E-state index contributed by atoms with van der Waals surface area (Å²) in [5, 5.41) is 4.76. The first-order valence-corrected chi connectivity index (χ1v) is 7.77. The number of carbonyl (C=O) groups is 3. The molecule has 0 radical (unpaired) electrons. The van der Waals surface area contributed by atoms with E-state index in [4.69, 9.17) is 0 Å². The van der Waals surface area contributed by atoms with Crippen LogP contribution in [-0.2, 0) is 9.59 Å². The summed E-state index contributed by atoms with van der Waals surface area (Å²) in [6, 6.07) is 2.68. The minimum atomic E-state index is -1.05. The third-order valence-electron chi connectivity index (χ3n) is 5.06. The van der Waals surface area contributed by atoms with Crippen molar-refractivity contribution in [3.63, 3.8) is 0 Å². The molecule has 8 heteroatoms. The molecule has 0 aromatic heterocycles. The van der Waals surface area contributed by atoms with Gasteiger partial charge in [0.2, 0.25) is 5.91 Å². The van der Waals surface area contributed by atoms with Crippen LogP contribution >= 0.6 is 0 Å². The lowest BCUT2D eigenvalue weighted by Gasteiger charge is -2.21. The summed E-state index contributed by atoms with van der Waals surface area (Å²) < 4.78 is 27.1. The molecular weight excluding hydrogens is 320 g/mol. The minimum absolute atomic E-state index is 0.109. The first-order valence-electron chi connectivity index (χ1n) is 7.77. The molecule has 6 nitrogen and oxygen atoms in total. The first-order chi connectivity index (χ1) is 11.4. The van der Waals surface area contributed by atoms with Crippen LogP contribution in [0.3, 0.4) is 0 Å². The highest BCUT2D eigenvalue weighted by Crippen LogP contribution is 2.50. The second-order valence-corrected chi connectivity index (χ2v) is 6.61. The number of carbonyl (C=O) groups excluding carboxylic acids is 3. The van der Waals surface area contributed by atoms with Gasteiger partial charge < -0.3 is 10.2 Å². The molecule has 1 saturated carbocycles. The zero-order chi connectivity index (χ0) is 17.1. The van der Waals surface area contributed by atoms with E-state index < -0.39 is 35.0 Å². The molecule has 1 aromatic rings. The van der Waals surface area contributed by atoms with Gasteiger partial charge in [0.1, 0.15) is 17.2 Å². The number of urea groups is 1. The van der Waals surface area contributed by atoms with Crippen LogP contribution in [0.15, 0.2) is 18.2 Å². The number of amides is 4. The average molecular weight is 335 g/mol. The predicted molar refractivity (Wildman–Crippen MR) is 77.8 cm³/mol. The maximum atomic E-state index is 13.8. The zero-order valence-electron chi connectivity index (χ0n) is 12.6. The second kappa shape index (κ2) is 4.99. The number of hydrogen-bond acceptors (Lipinski definition) is 3. The van der Waals surface area contributed by atoms with E-state index in [1.54, 1.807) is 0 Å². The minimum Gasteiger partial charge on any atom is -0.339 e. The molecule has 2 heterocycles. The fourth-order valence-electron chi connectivity index (χ4n) is 3.66. The predicted octanol–water partition coefficient (Wildman–Crippen LogP) is 0.879. The molecule has 0 unspecified atom stereocenters. The molecule has 3 atom stereocenters. The van der Waals surface area contributed by atoms with E-state index in [1.165, 1.54) is 4.90 Å². The molecule has 2 saturated heterocycles. The SMILES string of the molecule is O=C1NC(=O)[C@]2(CCN(C(=O)[C@H]3C[C@@H]3c3cc(F)ccc3F)C2)N1. The molecule has 1 aliphatic carbocycles. The molecule has 0 bridgehead atoms. The van der Waals surface area contributed by atoms with Crippen molar-refractivity contribution in [3.05, 3.63) is 35.4 Å². The molecule has 126 valence electrons. The summed E-state index contributed by atoms with van der Waals surface area (Å²) in [6.07, 6.45) is 0.809. The Balaban J connectivity index is 1.46. The van der Waals surface area contributed by atoms with Gasteiger partial charge in [-0.2, -0.15) is 0 Å². The van der Waals surface area contributed by atoms with Crippen LogP contribution in [0.1, 0.15) is 24.3 Å². The van der Waals surface area contributed by atoms with Crippen molar-refractivity contribution in [1.29, 1.82) is 0 Å². The van der Waals surface area contributed by atoms with E-state index in [-0.39, 0.29) is 23.9 Å². The molecule has 2 aliphatic heterocycles. The molecule has 3 fully saturated rings. The van der Waals surface area contributed by atoms with Gasteiger partial charge in [-0.25, -0.2) is 13.6 Å². The van der Waals surface area contributed by atoms with E-state index in [0.717, 1.165) is 18.2 Å². The number of nitrogens with zero attached hydrogens (tertiary/aromatic N) is 1. The average Bonchev–Trinajstić information content (AvgIpc) is 3.13. The summed E-state index contributed by atoms with van der Waals surface area (Å²) in [5.74, 6) is -2.40. The Bertz CT molecular complexity index is 769. The number of rotatable bonds is 2. The summed E-state index contributed by atoms with van der Waals surface area (Å²) >= 11 is 0. The molecule has 4 rings (SSSR count). The highest BCUT2D eigenvalue weighted by atomic mass is 19.1. The van der Waals surface area contributed by atoms with Crippen LogP contribution in [0.5, 0.6) is 0 Å². The third-order valence-corrected chi connectivity index (χ3v) is 5.06. The fourth-order valence-corrected chi connectivity index (χ4v) is 3.66. The number of nitrogens with one attached hydrogen (secondary N) is 2. The van der Waals surface area contributed by atoms with Gasteiger partial charge >= 0.3 is 6.03 Å². The highest BCUT2D eigenvalue weighted by Gasteiger charge is 2.54. The lowest BCUT2D eigenvalue weighted by atomic mass is 9.99. The van der Waals surface area contributed by atoms with Gasteiger partial charge in [-0.05, 0) is 42.5 Å². The van der Waals surface area contributed by atoms with Gasteiger partial charge in [0, 0.05) is 12.5 Å². The molecule has 4 amide bonds. The standard InChI is InChI=1S/C16H15F2N3O3/c17-8-1-2-12(18)10(5-8)9-6-11(9)13(22)21-4-3-16(7-21)14(23)19-15(24)20-16/h1-2,5,9,11H,3-4,6-7H2,(H2,19,20,23,24)/t9-,11+,16-/m1/s1. The molecule has 1 aromatic carbocycles. The number of imide groups is 1. The number of hydrogen-bond donors (Lipinski definition) is 2. The maximum absolute atomic E-state index is 13.8. The quantitative estimate of drug-likeness (QED) is 0.788. The number of likely N-dealkylation sites (tertiary alicyclic amines) is 1. The van der Waals surface area contributed by atoms with Crippen LogP contribution in [0.2, 0.25) is 0 Å². The Morgan fingerprint density at radius 2 is 2.08 bits per heavy atom. The van der Waals surface area contributed by atoms with E-state index in [0.29, 0.717) is 19.4 Å². The highest BCUT2D eigenvalue weighted by molar-refractivity contribution is 6.07. The molecule has 1 spiro atoms. The molecule has 3 aliphatic rings. The normalized spacial score (nSPS) is 31.3. The van der Waals surface area contributed by atoms with Crippen molar-refractivity contribution in [2.75, 3.05) is 13.1 Å². The monoisotopic (exact) mass is 335 g/mol. The van der Waals surface area contributed by atoms with Crippen LogP contribution in [0.25, 0.3) is 0 Å². The van der Waals surface area contributed by atoms with E-state index in [2.05, 4.69) is 10.6 Å². The Labute approximate surface area is 136 Å². The van der Waals surface area contributed by atoms with E-state index in [1.807, 2.05) is 0 Å². The van der Waals surface area contributed by atoms with Crippen LogP contribution in [0, 0.1) is 17.6 Å². The van der Waals surface area contributed by atoms with Gasteiger partial charge in [-0.1, -0.05) is 0 Å². The summed E-state index contributed by atoms with van der Waals surface area (Å²) in [4.78, 5) is 37.3. The van der Waals surface area contributed by atoms with Gasteiger partial charge in [0.15, 0.2) is 0 Å². The third kappa shape index (κ3) is 2.24. The van der Waals surface area contributed by atoms with Crippen molar-refractivity contribution in [1.82, 2.24) is 15.5 Å². The van der Waals surface area contributed by atoms with Gasteiger partial charge in [0.05, 0.1) is 6.54 Å². The first kappa shape index (κ1) is 15.0. The Hall–Kier alpha value is -2.51. The lowest BCUT2D eigenvalue weighted by Crippen LogP contribution is -2.49. The summed E-state index contributed by atoms with van der Waals surface area (Å²) in [6.45, 7) is 0.458. The Morgan fingerprint density at radius 1 is 1.29 bits per heavy atom. The van der Waals surface area contributed by atoms with Gasteiger partial charge in [0.25, 0.3) is 5.91 Å². The smallest absolute Gasteiger partial charge is 0.322 e. The largest absolute Gasteiger partial charge is 0.339 e. The Kier molecular flexibility index (Phi) is 3.13. The van der Waals surface area contributed by atoms with Gasteiger partial charge in [-0.3, -0.25) is 14.9 Å². The van der Waals surface area contributed by atoms with Crippen molar-refractivity contribution in [2.24, 2.45) is 5.92 Å². The molecular formula is C16H15F2N3O3. The second-order valence-electron chi connectivity index (χ2n) is 6.61. The van der Waals surface area contributed by atoms with Crippen molar-refractivity contribution >= 4 is 17.8 Å². The summed E-state index contributed by atoms with van der Waals surface area (Å²) in [5.41, 5.74) is -0.838. The fraction of sp³-hybridized carbons (Fsp3) is 0.438. The number of halogens is 2. The molecule has 2 N–H and O–H groups in total. The van der Waals surface area contributed by atoms with Crippen LogP contribution in [0.4, 0.5) is 13.6 Å². The maximum Gasteiger partial charge on any atom is 0.322 e. The van der Waals surface area contributed by atoms with E-state index in [9.17, 15) is 23.2 Å².